The highest BCUT2D eigenvalue weighted by Crippen LogP contribution is 2.29. The quantitative estimate of drug-likeness (QED) is 0.631. The van der Waals surface area contributed by atoms with Gasteiger partial charge in [-0.3, -0.25) is 10.2 Å². The van der Waals surface area contributed by atoms with Crippen LogP contribution in [0.15, 0.2) is 11.3 Å². The molecule has 1 saturated carbocycles. The molecule has 0 amide bonds. The maximum absolute atomic E-state index is 12.1. The number of hydrogen-bond acceptors (Lipinski definition) is 3. The van der Waals surface area contributed by atoms with Crippen LogP contribution in [0, 0.1) is 5.41 Å². The molecule has 0 aromatic carbocycles. The predicted octanol–water partition coefficient (Wildman–Crippen LogP) is 1.53. The highest BCUT2D eigenvalue weighted by atomic mass is 19.4. The van der Waals surface area contributed by atoms with E-state index in [0.29, 0.717) is 6.42 Å². The number of Topliss-reactive ketones (excluding diaryl/α,β-unsaturated/α-hetero) is 1. The van der Waals surface area contributed by atoms with E-state index in [0.717, 1.165) is 0 Å². The van der Waals surface area contributed by atoms with Crippen LogP contribution >= 0.6 is 0 Å². The first-order valence-corrected chi connectivity index (χ1v) is 4.02. The van der Waals surface area contributed by atoms with Crippen molar-refractivity contribution in [1.29, 1.82) is 5.41 Å². The van der Waals surface area contributed by atoms with E-state index in [4.69, 9.17) is 11.1 Å². The van der Waals surface area contributed by atoms with Gasteiger partial charge in [0.2, 0.25) is 0 Å². The molecule has 3 N–H and O–H groups in total. The van der Waals surface area contributed by atoms with E-state index in [-0.39, 0.29) is 18.4 Å². The zero-order valence-corrected chi connectivity index (χ0v) is 7.24. The lowest BCUT2D eigenvalue weighted by atomic mass is 9.90. The Morgan fingerprint density at radius 3 is 2.43 bits per heavy atom. The summed E-state index contributed by atoms with van der Waals surface area (Å²) in [7, 11) is 0. The van der Waals surface area contributed by atoms with Crippen LogP contribution in [-0.4, -0.2) is 17.7 Å². The molecule has 0 spiro atoms. The van der Waals surface area contributed by atoms with Gasteiger partial charge in [-0.1, -0.05) is 0 Å². The molecule has 0 heterocycles. The molecule has 0 bridgehead atoms. The topological polar surface area (TPSA) is 66.9 Å². The van der Waals surface area contributed by atoms with E-state index in [9.17, 15) is 18.0 Å². The lowest BCUT2D eigenvalue weighted by Crippen LogP contribution is -2.29. The molecule has 1 aliphatic rings. The van der Waals surface area contributed by atoms with E-state index < -0.39 is 23.4 Å². The first-order valence-electron chi connectivity index (χ1n) is 4.02. The highest BCUT2D eigenvalue weighted by molar-refractivity contribution is 6.45. The summed E-state index contributed by atoms with van der Waals surface area (Å²) in [5, 5.41) is 7.17. The van der Waals surface area contributed by atoms with E-state index in [2.05, 4.69) is 0 Å². The van der Waals surface area contributed by atoms with Crippen molar-refractivity contribution < 1.29 is 18.0 Å². The lowest BCUT2D eigenvalue weighted by molar-refractivity contribution is -0.113. The van der Waals surface area contributed by atoms with Crippen LogP contribution in [0.5, 0.6) is 0 Å². The van der Waals surface area contributed by atoms with Crippen LogP contribution in [0.2, 0.25) is 0 Å². The molecule has 0 saturated heterocycles. The van der Waals surface area contributed by atoms with Gasteiger partial charge in [0, 0.05) is 12.0 Å². The van der Waals surface area contributed by atoms with Gasteiger partial charge in [0.25, 0.3) is 0 Å². The van der Waals surface area contributed by atoms with Crippen molar-refractivity contribution in [3.8, 4) is 0 Å². The Labute approximate surface area is 78.3 Å². The zero-order chi connectivity index (χ0) is 10.9. The summed E-state index contributed by atoms with van der Waals surface area (Å²) in [6.07, 6.45) is -4.14. The molecule has 0 aromatic heterocycles. The van der Waals surface area contributed by atoms with E-state index in [1.807, 2.05) is 0 Å². The van der Waals surface area contributed by atoms with Gasteiger partial charge < -0.3 is 5.73 Å². The largest absolute Gasteiger partial charge is 0.431 e. The first kappa shape index (κ1) is 10.7. The number of nitrogens with two attached hydrogens (primary N) is 1. The van der Waals surface area contributed by atoms with Crippen molar-refractivity contribution in [3.63, 3.8) is 0 Å². The van der Waals surface area contributed by atoms with Crippen molar-refractivity contribution in [1.82, 2.24) is 0 Å². The number of carbonyl (C=O) groups excluding carboxylic acids is 1. The Morgan fingerprint density at radius 1 is 1.36 bits per heavy atom. The molecule has 0 atom stereocenters. The number of hydrogen-bond donors (Lipinski definition) is 2. The van der Waals surface area contributed by atoms with Crippen LogP contribution < -0.4 is 5.73 Å². The number of ketones is 1. The molecular weight excluding hydrogens is 197 g/mol. The van der Waals surface area contributed by atoms with E-state index >= 15 is 0 Å². The van der Waals surface area contributed by atoms with Gasteiger partial charge in [0.1, 0.15) is 11.4 Å². The molecule has 14 heavy (non-hydrogen) atoms. The van der Waals surface area contributed by atoms with Crippen molar-refractivity contribution >= 4 is 11.5 Å². The Kier molecular flexibility index (Phi) is 2.64. The third kappa shape index (κ3) is 1.94. The molecule has 3 nitrogen and oxygen atoms in total. The average Bonchev–Trinajstić information content (AvgIpc) is 2.07. The second kappa shape index (κ2) is 3.43. The molecule has 6 heteroatoms. The van der Waals surface area contributed by atoms with Gasteiger partial charge in [-0.15, -0.1) is 0 Å². The molecule has 0 radical (unpaired) electrons. The minimum Gasteiger partial charge on any atom is -0.394 e. The third-order valence-electron chi connectivity index (χ3n) is 2.04. The van der Waals surface area contributed by atoms with Gasteiger partial charge in [-0.2, -0.15) is 13.2 Å². The van der Waals surface area contributed by atoms with Crippen molar-refractivity contribution in [3.05, 3.63) is 11.3 Å². The minimum absolute atomic E-state index is 0.0515. The number of rotatable bonds is 0. The molecule has 1 fully saturated rings. The molecule has 0 aliphatic heterocycles. The second-order valence-corrected chi connectivity index (χ2v) is 3.04. The SMILES string of the molecule is N=C1C(=O)CCC/C1=C(/N)C(F)(F)F. The highest BCUT2D eigenvalue weighted by Gasteiger charge is 2.37. The van der Waals surface area contributed by atoms with Crippen LogP contribution in [-0.2, 0) is 4.79 Å². The van der Waals surface area contributed by atoms with Gasteiger partial charge in [0.15, 0.2) is 5.78 Å². The summed E-state index contributed by atoms with van der Waals surface area (Å²) in [6.45, 7) is 0. The van der Waals surface area contributed by atoms with Gasteiger partial charge in [-0.05, 0) is 12.8 Å². The van der Waals surface area contributed by atoms with Crippen LogP contribution in [0.25, 0.3) is 0 Å². The second-order valence-electron chi connectivity index (χ2n) is 3.04. The van der Waals surface area contributed by atoms with Gasteiger partial charge in [-0.25, -0.2) is 0 Å². The molecule has 0 unspecified atom stereocenters. The Hall–Kier alpha value is -1.33. The number of halogens is 3. The summed E-state index contributed by atoms with van der Waals surface area (Å²) in [5.74, 6) is -0.571. The van der Waals surface area contributed by atoms with E-state index in [1.54, 1.807) is 0 Å². The number of carbonyl (C=O) groups is 1. The fraction of sp³-hybridized carbons (Fsp3) is 0.500. The van der Waals surface area contributed by atoms with Crippen LogP contribution in [0.3, 0.4) is 0 Å². The lowest BCUT2D eigenvalue weighted by Gasteiger charge is -2.18. The first-order chi connectivity index (χ1) is 6.34. The average molecular weight is 206 g/mol. The number of alkyl halides is 3. The number of allylic oxidation sites excluding steroid dienone is 2. The molecule has 78 valence electrons. The monoisotopic (exact) mass is 206 g/mol. The minimum atomic E-state index is -4.65. The number of nitrogens with one attached hydrogen (secondary N) is 1. The standard InChI is InChI=1S/C8H9F3N2O/c9-8(10,11)7(13)4-2-1-3-5(14)6(4)12/h12H,1-3,13H2/b7-4-,12-6?. The maximum atomic E-state index is 12.1. The summed E-state index contributed by atoms with van der Waals surface area (Å²) < 4.78 is 36.4. The van der Waals surface area contributed by atoms with Crippen LogP contribution in [0.4, 0.5) is 13.2 Å². The predicted molar refractivity (Wildman–Crippen MR) is 43.9 cm³/mol. The third-order valence-corrected chi connectivity index (χ3v) is 2.04. The normalized spacial score (nSPS) is 22.5. The Bertz CT molecular complexity index is 317. The summed E-state index contributed by atoms with van der Waals surface area (Å²) >= 11 is 0. The van der Waals surface area contributed by atoms with Gasteiger partial charge in [0.05, 0.1) is 0 Å². The summed E-state index contributed by atoms with van der Waals surface area (Å²) in [5.41, 5.74) is 2.57. The fourth-order valence-corrected chi connectivity index (χ4v) is 1.28. The molecule has 0 aromatic rings. The van der Waals surface area contributed by atoms with Crippen molar-refractivity contribution in [2.45, 2.75) is 25.4 Å². The van der Waals surface area contributed by atoms with Crippen molar-refractivity contribution in [2.75, 3.05) is 0 Å². The van der Waals surface area contributed by atoms with E-state index in [1.165, 1.54) is 0 Å². The zero-order valence-electron chi connectivity index (χ0n) is 7.24. The molecule has 1 aliphatic carbocycles. The van der Waals surface area contributed by atoms with Crippen molar-refractivity contribution in [2.24, 2.45) is 5.73 Å². The van der Waals surface area contributed by atoms with Gasteiger partial charge >= 0.3 is 6.18 Å². The summed E-state index contributed by atoms with van der Waals surface area (Å²) in [4.78, 5) is 11.0. The Morgan fingerprint density at radius 2 is 1.93 bits per heavy atom. The smallest absolute Gasteiger partial charge is 0.394 e. The molecule has 1 rings (SSSR count). The molecular formula is C8H9F3N2O. The summed E-state index contributed by atoms with van der Waals surface area (Å²) in [6, 6.07) is 0. The fourth-order valence-electron chi connectivity index (χ4n) is 1.28. The Balaban J connectivity index is 3.07. The maximum Gasteiger partial charge on any atom is 0.431 e. The van der Waals surface area contributed by atoms with Crippen LogP contribution in [0.1, 0.15) is 19.3 Å².